The van der Waals surface area contributed by atoms with Crippen LogP contribution in [-0.4, -0.2) is 49.2 Å². The Morgan fingerprint density at radius 1 is 1.16 bits per heavy atom. The van der Waals surface area contributed by atoms with Gasteiger partial charge in [0.1, 0.15) is 4.90 Å². The Bertz CT molecular complexity index is 1040. The molecule has 1 amide bonds. The highest BCUT2D eigenvalue weighted by atomic mass is 32.2. The number of carbonyl (C=O) groups is 1. The van der Waals surface area contributed by atoms with Gasteiger partial charge in [-0.25, -0.2) is 13.4 Å². The Kier molecular flexibility index (Phi) is 6.68. The highest BCUT2D eigenvalue weighted by Gasteiger charge is 2.26. The van der Waals surface area contributed by atoms with E-state index < -0.39 is 10.0 Å². The van der Waals surface area contributed by atoms with Crippen LogP contribution in [0.1, 0.15) is 37.8 Å². The van der Waals surface area contributed by atoms with E-state index in [0.29, 0.717) is 29.6 Å². The van der Waals surface area contributed by atoms with E-state index in [2.05, 4.69) is 10.3 Å². The first-order valence-corrected chi connectivity index (χ1v) is 12.6. The van der Waals surface area contributed by atoms with Crippen molar-refractivity contribution >= 4 is 27.7 Å². The molecule has 0 saturated carbocycles. The van der Waals surface area contributed by atoms with Crippen molar-refractivity contribution in [2.75, 3.05) is 25.6 Å². The van der Waals surface area contributed by atoms with Crippen molar-refractivity contribution < 1.29 is 22.7 Å². The molecule has 166 valence electrons. The van der Waals surface area contributed by atoms with Crippen LogP contribution < -0.4 is 14.8 Å². The van der Waals surface area contributed by atoms with E-state index in [-0.39, 0.29) is 29.4 Å². The van der Waals surface area contributed by atoms with Gasteiger partial charge in [0.25, 0.3) is 0 Å². The quantitative estimate of drug-likeness (QED) is 0.631. The van der Waals surface area contributed by atoms with Gasteiger partial charge in [-0.15, -0.1) is 0 Å². The summed E-state index contributed by atoms with van der Waals surface area (Å²) in [6, 6.07) is 8.62. The van der Waals surface area contributed by atoms with Crippen molar-refractivity contribution in [1.82, 2.24) is 14.6 Å². The van der Waals surface area contributed by atoms with Gasteiger partial charge in [-0.2, -0.15) is 4.31 Å². The first kappa shape index (κ1) is 21.9. The van der Waals surface area contributed by atoms with E-state index >= 15 is 0 Å². The van der Waals surface area contributed by atoms with Crippen molar-refractivity contribution in [2.45, 2.75) is 42.1 Å². The van der Waals surface area contributed by atoms with Gasteiger partial charge in [0.15, 0.2) is 11.5 Å². The Morgan fingerprint density at radius 2 is 1.94 bits per heavy atom. The number of sulfonamides is 1. The zero-order valence-electron chi connectivity index (χ0n) is 17.2. The van der Waals surface area contributed by atoms with Crippen LogP contribution in [-0.2, 0) is 14.8 Å². The molecular weight excluding hydrogens is 438 g/mol. The van der Waals surface area contributed by atoms with Crippen molar-refractivity contribution in [3.05, 3.63) is 42.1 Å². The smallest absolute Gasteiger partial charge is 0.244 e. The Morgan fingerprint density at radius 3 is 2.68 bits per heavy atom. The number of thioether (sulfide) groups is 1. The molecule has 0 bridgehead atoms. The summed E-state index contributed by atoms with van der Waals surface area (Å²) in [4.78, 5) is 16.8. The first-order chi connectivity index (χ1) is 14.9. The fourth-order valence-corrected chi connectivity index (χ4v) is 5.66. The number of hydrogen-bond donors (Lipinski definition) is 1. The molecule has 1 N–H and O–H groups in total. The molecule has 0 spiro atoms. The molecule has 31 heavy (non-hydrogen) atoms. The maximum atomic E-state index is 12.7. The maximum Gasteiger partial charge on any atom is 0.244 e. The average Bonchev–Trinajstić information content (AvgIpc) is 3.26. The monoisotopic (exact) mass is 463 g/mol. The lowest BCUT2D eigenvalue weighted by Crippen LogP contribution is -2.35. The van der Waals surface area contributed by atoms with Gasteiger partial charge in [-0.1, -0.05) is 24.2 Å². The van der Waals surface area contributed by atoms with E-state index in [1.165, 1.54) is 22.3 Å². The third-order valence-corrected chi connectivity index (χ3v) is 8.11. The summed E-state index contributed by atoms with van der Waals surface area (Å²) in [5.41, 5.74) is 0.924. The zero-order chi connectivity index (χ0) is 21.8. The summed E-state index contributed by atoms with van der Waals surface area (Å²) in [7, 11) is -3.50. The average molecular weight is 464 g/mol. The summed E-state index contributed by atoms with van der Waals surface area (Å²) in [5, 5.41) is 3.55. The van der Waals surface area contributed by atoms with Gasteiger partial charge in [-0.05, 0) is 49.6 Å². The van der Waals surface area contributed by atoms with Crippen LogP contribution in [0.3, 0.4) is 0 Å². The number of hydrogen-bond acceptors (Lipinski definition) is 7. The van der Waals surface area contributed by atoms with Gasteiger partial charge in [-0.3, -0.25) is 4.79 Å². The van der Waals surface area contributed by atoms with Crippen LogP contribution in [0.25, 0.3) is 0 Å². The lowest BCUT2D eigenvalue weighted by Gasteiger charge is -2.25. The third-order valence-electron chi connectivity index (χ3n) is 5.29. The molecular formula is C21H25N3O5S2. The van der Waals surface area contributed by atoms with Crippen LogP contribution in [0.5, 0.6) is 11.5 Å². The minimum Gasteiger partial charge on any atom is -0.454 e. The molecule has 3 heterocycles. The second kappa shape index (κ2) is 9.46. The number of rotatable bonds is 7. The van der Waals surface area contributed by atoms with Crippen molar-refractivity contribution in [3.63, 3.8) is 0 Å². The number of fused-ring (bicyclic) bond motifs is 1. The van der Waals surface area contributed by atoms with Gasteiger partial charge >= 0.3 is 0 Å². The standard InChI is InChI=1S/C21H25N3O5S2/c1-15(16-5-7-18-19(11-16)29-14-28-18)23-20(25)13-30-21-8-6-17(12-22-21)31(26,27)24-9-3-2-4-10-24/h5-8,11-12,15H,2-4,9-10,13-14H2,1H3,(H,23,25)/t15-/m1/s1. The van der Waals surface area contributed by atoms with Crippen molar-refractivity contribution in [2.24, 2.45) is 0 Å². The Hall–Kier alpha value is -2.30. The van der Waals surface area contributed by atoms with E-state index in [9.17, 15) is 13.2 Å². The highest BCUT2D eigenvalue weighted by Crippen LogP contribution is 2.34. The van der Waals surface area contributed by atoms with E-state index in [1.807, 2.05) is 25.1 Å². The number of aromatic nitrogens is 1. The molecule has 2 aliphatic rings. The number of amides is 1. The van der Waals surface area contributed by atoms with Gasteiger partial charge in [0.2, 0.25) is 22.7 Å². The van der Waals surface area contributed by atoms with Crippen molar-refractivity contribution in [3.8, 4) is 11.5 Å². The maximum absolute atomic E-state index is 12.7. The number of ether oxygens (including phenoxy) is 2. The number of benzene rings is 1. The molecule has 0 unspecified atom stereocenters. The Labute approximate surface area is 186 Å². The van der Waals surface area contributed by atoms with Crippen LogP contribution in [0.2, 0.25) is 0 Å². The lowest BCUT2D eigenvalue weighted by atomic mass is 10.1. The van der Waals surface area contributed by atoms with Gasteiger partial charge in [0.05, 0.1) is 16.8 Å². The normalized spacial score (nSPS) is 17.3. The minimum atomic E-state index is -3.50. The summed E-state index contributed by atoms with van der Waals surface area (Å²) < 4.78 is 37.6. The summed E-state index contributed by atoms with van der Waals surface area (Å²) >= 11 is 1.26. The molecule has 1 fully saturated rings. The minimum absolute atomic E-state index is 0.137. The molecule has 0 aliphatic carbocycles. The van der Waals surface area contributed by atoms with Crippen LogP contribution in [0.4, 0.5) is 0 Å². The van der Waals surface area contributed by atoms with E-state index in [4.69, 9.17) is 9.47 Å². The molecule has 1 saturated heterocycles. The second-order valence-corrected chi connectivity index (χ2v) is 10.4. The number of nitrogens with one attached hydrogen (secondary N) is 1. The zero-order valence-corrected chi connectivity index (χ0v) is 18.9. The summed E-state index contributed by atoms with van der Waals surface area (Å²) in [6.07, 6.45) is 4.22. The van der Waals surface area contributed by atoms with E-state index in [1.54, 1.807) is 12.1 Å². The number of nitrogens with zero attached hydrogens (tertiary/aromatic N) is 2. The van der Waals surface area contributed by atoms with Gasteiger partial charge < -0.3 is 14.8 Å². The third kappa shape index (κ3) is 5.13. The second-order valence-electron chi connectivity index (χ2n) is 7.49. The molecule has 4 rings (SSSR count). The van der Waals surface area contributed by atoms with Crippen LogP contribution >= 0.6 is 11.8 Å². The molecule has 1 atom stereocenters. The fourth-order valence-electron chi connectivity index (χ4n) is 3.55. The molecule has 8 nitrogen and oxygen atoms in total. The molecule has 1 aromatic heterocycles. The number of carbonyl (C=O) groups excluding carboxylic acids is 1. The highest BCUT2D eigenvalue weighted by molar-refractivity contribution is 7.99. The van der Waals surface area contributed by atoms with E-state index in [0.717, 1.165) is 24.8 Å². The largest absolute Gasteiger partial charge is 0.454 e. The lowest BCUT2D eigenvalue weighted by molar-refractivity contribution is -0.119. The fraction of sp³-hybridized carbons (Fsp3) is 0.429. The molecule has 2 aromatic rings. The Balaban J connectivity index is 1.30. The molecule has 10 heteroatoms. The van der Waals surface area contributed by atoms with Gasteiger partial charge in [0, 0.05) is 19.3 Å². The molecule has 2 aliphatic heterocycles. The molecule has 1 aromatic carbocycles. The summed E-state index contributed by atoms with van der Waals surface area (Å²) in [5.74, 6) is 1.42. The topological polar surface area (TPSA) is 97.8 Å². The predicted molar refractivity (Wildman–Crippen MR) is 117 cm³/mol. The number of pyridine rings is 1. The van der Waals surface area contributed by atoms with Crippen LogP contribution in [0, 0.1) is 0 Å². The van der Waals surface area contributed by atoms with Crippen molar-refractivity contribution in [1.29, 1.82) is 0 Å². The predicted octanol–water partition coefficient (Wildman–Crippen LogP) is 2.95. The number of piperidine rings is 1. The first-order valence-electron chi connectivity index (χ1n) is 10.2. The molecule has 0 radical (unpaired) electrons. The van der Waals surface area contributed by atoms with Crippen LogP contribution in [0.15, 0.2) is 46.5 Å². The summed E-state index contributed by atoms with van der Waals surface area (Å²) in [6.45, 7) is 3.22. The SMILES string of the molecule is C[C@@H](NC(=O)CSc1ccc(S(=O)(=O)N2CCCCC2)cn1)c1ccc2c(c1)OCO2.